The second-order valence-electron chi connectivity index (χ2n) is 4.20. The van der Waals surface area contributed by atoms with Crippen molar-refractivity contribution in [1.82, 2.24) is 9.80 Å². The molecule has 0 atom stereocenters. The summed E-state index contributed by atoms with van der Waals surface area (Å²) >= 11 is 0. The molecule has 0 aromatic carbocycles. The first kappa shape index (κ1) is 18.9. The van der Waals surface area contributed by atoms with Crippen LogP contribution in [-0.4, -0.2) is 55.4 Å². The number of piperazine rings is 1. The van der Waals surface area contributed by atoms with Crippen molar-refractivity contribution in [2.75, 3.05) is 39.8 Å². The molecule has 1 aliphatic heterocycles. The van der Waals surface area contributed by atoms with Crippen LogP contribution in [0.5, 0.6) is 0 Å². The molecule has 17 heavy (non-hydrogen) atoms. The number of carbonyl (C=O) groups excluding carboxylic acids is 1. The van der Waals surface area contributed by atoms with E-state index >= 15 is 0 Å². The van der Waals surface area contributed by atoms with Crippen molar-refractivity contribution in [2.45, 2.75) is 41.5 Å². The fourth-order valence-electron chi connectivity index (χ4n) is 1.41. The first-order chi connectivity index (χ1) is 8.09. The van der Waals surface area contributed by atoms with Crippen LogP contribution in [0.2, 0.25) is 0 Å². The lowest BCUT2D eigenvalue weighted by molar-refractivity contribution is -0.123. The highest BCUT2D eigenvalue weighted by molar-refractivity contribution is 5.82. The maximum Gasteiger partial charge on any atom is 0.149 e. The SMILES string of the molecule is CC.CC.CC(C)C(=O)CN1CCN(C)CC1. The fourth-order valence-corrected chi connectivity index (χ4v) is 1.41. The largest absolute Gasteiger partial charge is 0.304 e. The van der Waals surface area contributed by atoms with Crippen LogP contribution >= 0.6 is 0 Å². The Morgan fingerprint density at radius 1 is 1.00 bits per heavy atom. The molecule has 0 aromatic heterocycles. The number of nitrogens with zero attached hydrogens (tertiary/aromatic N) is 2. The Bertz CT molecular complexity index is 173. The number of ketones is 1. The highest BCUT2D eigenvalue weighted by atomic mass is 16.1. The minimum Gasteiger partial charge on any atom is -0.304 e. The standard InChI is InChI=1S/C10H20N2O.2C2H6/c1-9(2)10(13)8-12-6-4-11(3)5-7-12;2*1-2/h9H,4-8H2,1-3H3;2*1-2H3. The molecule has 1 rings (SSSR count). The van der Waals surface area contributed by atoms with E-state index < -0.39 is 0 Å². The lowest BCUT2D eigenvalue weighted by Gasteiger charge is -2.32. The minimum absolute atomic E-state index is 0.180. The van der Waals surface area contributed by atoms with Gasteiger partial charge in [0.05, 0.1) is 6.54 Å². The van der Waals surface area contributed by atoms with Gasteiger partial charge in [0.15, 0.2) is 0 Å². The summed E-state index contributed by atoms with van der Waals surface area (Å²) < 4.78 is 0. The molecular weight excluding hydrogens is 212 g/mol. The van der Waals surface area contributed by atoms with Crippen molar-refractivity contribution in [3.8, 4) is 0 Å². The second-order valence-corrected chi connectivity index (χ2v) is 4.20. The van der Waals surface area contributed by atoms with Gasteiger partial charge in [-0.3, -0.25) is 9.69 Å². The second kappa shape index (κ2) is 12.1. The van der Waals surface area contributed by atoms with E-state index in [1.54, 1.807) is 0 Å². The molecule has 3 nitrogen and oxygen atoms in total. The van der Waals surface area contributed by atoms with Gasteiger partial charge in [0.25, 0.3) is 0 Å². The molecule has 0 aliphatic carbocycles. The smallest absolute Gasteiger partial charge is 0.149 e. The lowest BCUT2D eigenvalue weighted by Crippen LogP contribution is -2.46. The molecule has 0 saturated carbocycles. The van der Waals surface area contributed by atoms with Crippen LogP contribution in [0.1, 0.15) is 41.5 Å². The van der Waals surface area contributed by atoms with E-state index in [1.165, 1.54) is 0 Å². The van der Waals surface area contributed by atoms with Gasteiger partial charge in [-0.15, -0.1) is 0 Å². The topological polar surface area (TPSA) is 23.6 Å². The van der Waals surface area contributed by atoms with Crippen molar-refractivity contribution >= 4 is 5.78 Å². The monoisotopic (exact) mass is 244 g/mol. The molecule has 0 N–H and O–H groups in total. The number of rotatable bonds is 3. The number of carbonyl (C=O) groups is 1. The number of likely N-dealkylation sites (N-methyl/N-ethyl adjacent to an activating group) is 1. The van der Waals surface area contributed by atoms with E-state index in [0.717, 1.165) is 26.2 Å². The quantitative estimate of drug-likeness (QED) is 0.762. The third kappa shape index (κ3) is 9.31. The molecule has 0 bridgehead atoms. The number of hydrogen-bond acceptors (Lipinski definition) is 3. The van der Waals surface area contributed by atoms with Crippen molar-refractivity contribution in [1.29, 1.82) is 0 Å². The Morgan fingerprint density at radius 3 is 1.76 bits per heavy atom. The van der Waals surface area contributed by atoms with E-state index in [0.29, 0.717) is 12.3 Å². The molecule has 104 valence electrons. The number of Topliss-reactive ketones (excluding diaryl/α,β-unsaturated/α-hetero) is 1. The van der Waals surface area contributed by atoms with Gasteiger partial charge in [0.1, 0.15) is 5.78 Å². The molecule has 3 heteroatoms. The van der Waals surface area contributed by atoms with Crippen LogP contribution in [0.4, 0.5) is 0 Å². The van der Waals surface area contributed by atoms with E-state index in [9.17, 15) is 4.79 Å². The van der Waals surface area contributed by atoms with Gasteiger partial charge in [0.2, 0.25) is 0 Å². The van der Waals surface area contributed by atoms with Crippen LogP contribution in [0.3, 0.4) is 0 Å². The van der Waals surface area contributed by atoms with Crippen LogP contribution < -0.4 is 0 Å². The van der Waals surface area contributed by atoms with Gasteiger partial charge in [-0.05, 0) is 7.05 Å². The van der Waals surface area contributed by atoms with Crippen LogP contribution in [0, 0.1) is 5.92 Å². The van der Waals surface area contributed by atoms with Crippen LogP contribution in [-0.2, 0) is 4.79 Å². The van der Waals surface area contributed by atoms with Crippen LogP contribution in [0.25, 0.3) is 0 Å². The molecule has 1 aliphatic rings. The molecular formula is C14H32N2O. The summed E-state index contributed by atoms with van der Waals surface area (Å²) in [5.74, 6) is 0.546. The summed E-state index contributed by atoms with van der Waals surface area (Å²) in [5.41, 5.74) is 0. The molecule has 1 saturated heterocycles. The average Bonchev–Trinajstić information content (AvgIpc) is 2.37. The molecule has 0 amide bonds. The highest BCUT2D eigenvalue weighted by Gasteiger charge is 2.17. The summed E-state index contributed by atoms with van der Waals surface area (Å²) in [6, 6.07) is 0. The fraction of sp³-hybridized carbons (Fsp3) is 0.929. The molecule has 0 unspecified atom stereocenters. The van der Waals surface area contributed by atoms with Crippen molar-refractivity contribution < 1.29 is 4.79 Å². The van der Waals surface area contributed by atoms with Gasteiger partial charge in [-0.2, -0.15) is 0 Å². The Balaban J connectivity index is 0. The molecule has 0 aromatic rings. The van der Waals surface area contributed by atoms with Crippen LogP contribution in [0.15, 0.2) is 0 Å². The normalized spacial score (nSPS) is 16.7. The molecule has 1 fully saturated rings. The van der Waals surface area contributed by atoms with E-state index in [1.807, 2.05) is 41.5 Å². The van der Waals surface area contributed by atoms with Crippen molar-refractivity contribution in [3.63, 3.8) is 0 Å². The summed E-state index contributed by atoms with van der Waals surface area (Å²) in [6.07, 6.45) is 0. The zero-order chi connectivity index (χ0) is 13.8. The average molecular weight is 244 g/mol. The van der Waals surface area contributed by atoms with Gasteiger partial charge in [0, 0.05) is 32.1 Å². The lowest BCUT2D eigenvalue weighted by atomic mass is 10.1. The van der Waals surface area contributed by atoms with Gasteiger partial charge < -0.3 is 4.90 Å². The zero-order valence-corrected chi connectivity index (χ0v) is 12.9. The minimum atomic E-state index is 0.180. The summed E-state index contributed by atoms with van der Waals surface area (Å²) in [5, 5.41) is 0. The van der Waals surface area contributed by atoms with E-state index in [4.69, 9.17) is 0 Å². The predicted molar refractivity (Wildman–Crippen MR) is 76.5 cm³/mol. The Morgan fingerprint density at radius 2 is 1.41 bits per heavy atom. The van der Waals surface area contributed by atoms with Gasteiger partial charge in [-0.1, -0.05) is 41.5 Å². The number of hydrogen-bond donors (Lipinski definition) is 0. The van der Waals surface area contributed by atoms with Gasteiger partial charge in [-0.25, -0.2) is 0 Å². The Labute approximate surface area is 108 Å². The zero-order valence-electron chi connectivity index (χ0n) is 12.9. The maximum atomic E-state index is 11.4. The highest BCUT2D eigenvalue weighted by Crippen LogP contribution is 2.02. The van der Waals surface area contributed by atoms with Gasteiger partial charge >= 0.3 is 0 Å². The first-order valence-electron chi connectivity index (χ1n) is 7.03. The van der Waals surface area contributed by atoms with Crippen molar-refractivity contribution in [2.24, 2.45) is 5.92 Å². The van der Waals surface area contributed by atoms with E-state index in [-0.39, 0.29) is 5.92 Å². The van der Waals surface area contributed by atoms with Crippen molar-refractivity contribution in [3.05, 3.63) is 0 Å². The molecule has 0 spiro atoms. The summed E-state index contributed by atoms with van der Waals surface area (Å²) in [7, 11) is 2.13. The summed E-state index contributed by atoms with van der Waals surface area (Å²) in [6.45, 7) is 16.8. The van der Waals surface area contributed by atoms with E-state index in [2.05, 4.69) is 16.8 Å². The Hall–Kier alpha value is -0.410. The maximum absolute atomic E-state index is 11.4. The summed E-state index contributed by atoms with van der Waals surface area (Å²) in [4.78, 5) is 16.0. The third-order valence-electron chi connectivity index (χ3n) is 2.62. The third-order valence-corrected chi connectivity index (χ3v) is 2.62. The first-order valence-corrected chi connectivity index (χ1v) is 7.03. The predicted octanol–water partition coefficient (Wildman–Crippen LogP) is 2.51. The Kier molecular flexibility index (Phi) is 13.4. The molecule has 0 radical (unpaired) electrons. The molecule has 1 heterocycles.